The number of hydrogen-bond acceptors (Lipinski definition) is 3. The lowest BCUT2D eigenvalue weighted by molar-refractivity contribution is 0.119. The number of nitrogens with one attached hydrogen (secondary N) is 1. The van der Waals surface area contributed by atoms with Gasteiger partial charge in [-0.25, -0.2) is 0 Å². The van der Waals surface area contributed by atoms with Crippen molar-refractivity contribution in [2.75, 3.05) is 60.4 Å². The second-order valence-corrected chi connectivity index (χ2v) is 5.87. The molecule has 0 aromatic heterocycles. The van der Waals surface area contributed by atoms with E-state index in [0.29, 0.717) is 6.04 Å². The van der Waals surface area contributed by atoms with Crippen molar-refractivity contribution in [3.05, 3.63) is 0 Å². The maximum absolute atomic E-state index is 4.84. The molecule has 5 heteroatoms. The molecule has 1 heterocycles. The highest BCUT2D eigenvalue weighted by Crippen LogP contribution is 2.06. The van der Waals surface area contributed by atoms with Gasteiger partial charge in [-0.05, 0) is 27.4 Å². The van der Waals surface area contributed by atoms with E-state index < -0.39 is 0 Å². The van der Waals surface area contributed by atoms with E-state index in [-0.39, 0.29) is 0 Å². The molecule has 0 radical (unpaired) electrons. The summed E-state index contributed by atoms with van der Waals surface area (Å²) in [5.74, 6) is 1.04. The van der Waals surface area contributed by atoms with E-state index in [1.165, 1.54) is 12.8 Å². The average Bonchev–Trinajstić information content (AvgIpc) is 2.44. The van der Waals surface area contributed by atoms with Crippen LogP contribution < -0.4 is 5.32 Å². The van der Waals surface area contributed by atoms with Crippen LogP contribution in [-0.4, -0.2) is 87.1 Å². The summed E-state index contributed by atoms with van der Waals surface area (Å²) in [6.07, 6.45) is 2.44. The first-order valence-electron chi connectivity index (χ1n) is 7.96. The van der Waals surface area contributed by atoms with E-state index in [2.05, 4.69) is 55.0 Å². The van der Waals surface area contributed by atoms with E-state index >= 15 is 0 Å². The van der Waals surface area contributed by atoms with Crippen molar-refractivity contribution in [1.82, 2.24) is 20.0 Å². The third kappa shape index (κ3) is 5.67. The minimum atomic E-state index is 0.530. The van der Waals surface area contributed by atoms with Gasteiger partial charge in [-0.3, -0.25) is 9.89 Å². The van der Waals surface area contributed by atoms with Crippen LogP contribution in [0.3, 0.4) is 0 Å². The smallest absolute Gasteiger partial charge is 0.193 e. The Balaban J connectivity index is 2.56. The number of guanidine groups is 1. The highest BCUT2D eigenvalue weighted by Gasteiger charge is 2.21. The predicted octanol–water partition coefficient (Wildman–Crippen LogP) is 0.930. The fourth-order valence-corrected chi connectivity index (χ4v) is 2.46. The van der Waals surface area contributed by atoms with E-state index in [4.69, 9.17) is 4.99 Å². The maximum atomic E-state index is 4.84. The Hall–Kier alpha value is -0.810. The van der Waals surface area contributed by atoms with Crippen LogP contribution in [0.1, 0.15) is 26.7 Å². The lowest BCUT2D eigenvalue weighted by Crippen LogP contribution is -2.51. The molecule has 1 aliphatic heterocycles. The van der Waals surface area contributed by atoms with Crippen molar-refractivity contribution in [3.63, 3.8) is 0 Å². The van der Waals surface area contributed by atoms with Crippen LogP contribution in [-0.2, 0) is 0 Å². The Labute approximate surface area is 125 Å². The van der Waals surface area contributed by atoms with Crippen molar-refractivity contribution in [2.24, 2.45) is 4.99 Å². The quantitative estimate of drug-likeness (QED) is 0.581. The van der Waals surface area contributed by atoms with Gasteiger partial charge in [0.2, 0.25) is 0 Å². The van der Waals surface area contributed by atoms with Crippen LogP contribution in [0, 0.1) is 0 Å². The zero-order valence-electron chi connectivity index (χ0n) is 14.0. The molecule has 1 fully saturated rings. The van der Waals surface area contributed by atoms with Crippen LogP contribution >= 0.6 is 0 Å². The van der Waals surface area contributed by atoms with Crippen LogP contribution in [0.2, 0.25) is 0 Å². The first kappa shape index (κ1) is 17.2. The Morgan fingerprint density at radius 1 is 1.30 bits per heavy atom. The number of rotatable bonds is 6. The molecule has 1 aliphatic rings. The van der Waals surface area contributed by atoms with Gasteiger partial charge in [0.25, 0.3) is 0 Å². The molecule has 1 atom stereocenters. The first-order valence-corrected chi connectivity index (χ1v) is 7.96. The Morgan fingerprint density at radius 3 is 2.70 bits per heavy atom. The zero-order chi connectivity index (χ0) is 15.0. The lowest BCUT2D eigenvalue weighted by atomic mass is 10.2. The van der Waals surface area contributed by atoms with Crippen molar-refractivity contribution >= 4 is 5.96 Å². The molecule has 0 amide bonds. The number of nitrogens with zero attached hydrogens (tertiary/aromatic N) is 4. The largest absolute Gasteiger partial charge is 0.357 e. The molecule has 0 saturated carbocycles. The fourth-order valence-electron chi connectivity index (χ4n) is 2.46. The molecular weight excluding hydrogens is 250 g/mol. The zero-order valence-corrected chi connectivity index (χ0v) is 14.0. The summed E-state index contributed by atoms with van der Waals surface area (Å²) in [7, 11) is 6.54. The van der Waals surface area contributed by atoms with Crippen molar-refractivity contribution in [2.45, 2.75) is 32.7 Å². The van der Waals surface area contributed by atoms with Crippen molar-refractivity contribution < 1.29 is 0 Å². The Morgan fingerprint density at radius 2 is 2.05 bits per heavy atom. The van der Waals surface area contributed by atoms with Gasteiger partial charge in [-0.2, -0.15) is 0 Å². The molecule has 1 rings (SSSR count). The first-order chi connectivity index (χ1) is 9.58. The third-order valence-electron chi connectivity index (χ3n) is 3.98. The number of unbranched alkanes of at least 4 members (excludes halogenated alkanes) is 1. The highest BCUT2D eigenvalue weighted by atomic mass is 15.3. The van der Waals surface area contributed by atoms with Gasteiger partial charge in [0.15, 0.2) is 5.96 Å². The molecule has 1 unspecified atom stereocenters. The van der Waals surface area contributed by atoms with Gasteiger partial charge in [0.1, 0.15) is 0 Å². The third-order valence-corrected chi connectivity index (χ3v) is 3.98. The molecule has 1 N–H and O–H groups in total. The summed E-state index contributed by atoms with van der Waals surface area (Å²) in [5.41, 5.74) is 0. The van der Waals surface area contributed by atoms with Gasteiger partial charge < -0.3 is 15.1 Å². The fraction of sp³-hybridized carbons (Fsp3) is 0.933. The standard InChI is InChI=1S/C15H33N5/c1-6-8-9-20(5)15(16-7-2)17-12-14-13-18(3)10-11-19(14)4/h14H,6-13H2,1-5H3,(H,16,17). The Bertz CT molecular complexity index is 292. The SMILES string of the molecule is CCCCN(C)C(=NCC1CN(C)CCN1C)NCC. The minimum Gasteiger partial charge on any atom is -0.357 e. The predicted molar refractivity (Wildman–Crippen MR) is 87.4 cm³/mol. The molecule has 5 nitrogen and oxygen atoms in total. The summed E-state index contributed by atoms with van der Waals surface area (Å²) in [6.45, 7) is 10.6. The molecule has 0 aromatic rings. The summed E-state index contributed by atoms with van der Waals surface area (Å²) in [5, 5.41) is 3.40. The Kier molecular flexibility index (Phi) is 7.92. The van der Waals surface area contributed by atoms with Crippen LogP contribution in [0.4, 0.5) is 0 Å². The number of piperazine rings is 1. The molecule has 0 bridgehead atoms. The topological polar surface area (TPSA) is 34.1 Å². The second kappa shape index (κ2) is 9.19. The molecule has 1 saturated heterocycles. The molecule has 0 spiro atoms. The normalized spacial score (nSPS) is 22.1. The molecule has 0 aliphatic carbocycles. The molecule has 20 heavy (non-hydrogen) atoms. The molecular formula is C15H33N5. The number of aliphatic imine (C=N–C) groups is 1. The van der Waals surface area contributed by atoms with Crippen LogP contribution in [0.15, 0.2) is 4.99 Å². The highest BCUT2D eigenvalue weighted by molar-refractivity contribution is 5.79. The molecule has 0 aromatic carbocycles. The van der Waals surface area contributed by atoms with Crippen molar-refractivity contribution in [3.8, 4) is 0 Å². The van der Waals surface area contributed by atoms with Gasteiger partial charge in [0.05, 0.1) is 6.54 Å². The van der Waals surface area contributed by atoms with Gasteiger partial charge in [-0.1, -0.05) is 13.3 Å². The monoisotopic (exact) mass is 283 g/mol. The average molecular weight is 283 g/mol. The van der Waals surface area contributed by atoms with Crippen molar-refractivity contribution in [1.29, 1.82) is 0 Å². The summed E-state index contributed by atoms with van der Waals surface area (Å²) < 4.78 is 0. The van der Waals surface area contributed by atoms with Gasteiger partial charge in [-0.15, -0.1) is 0 Å². The summed E-state index contributed by atoms with van der Waals surface area (Å²) >= 11 is 0. The summed E-state index contributed by atoms with van der Waals surface area (Å²) in [4.78, 5) is 11.9. The maximum Gasteiger partial charge on any atom is 0.193 e. The van der Waals surface area contributed by atoms with Gasteiger partial charge >= 0.3 is 0 Å². The second-order valence-electron chi connectivity index (χ2n) is 5.87. The lowest BCUT2D eigenvalue weighted by Gasteiger charge is -2.37. The van der Waals surface area contributed by atoms with E-state index in [9.17, 15) is 0 Å². The number of likely N-dealkylation sites (N-methyl/N-ethyl adjacent to an activating group) is 2. The summed E-state index contributed by atoms with van der Waals surface area (Å²) in [6, 6.07) is 0.530. The number of hydrogen-bond donors (Lipinski definition) is 1. The van der Waals surface area contributed by atoms with E-state index in [1.54, 1.807) is 0 Å². The van der Waals surface area contributed by atoms with Crippen LogP contribution in [0.25, 0.3) is 0 Å². The molecule has 118 valence electrons. The van der Waals surface area contributed by atoms with Gasteiger partial charge in [0, 0.05) is 45.8 Å². The minimum absolute atomic E-state index is 0.530. The van der Waals surface area contributed by atoms with E-state index in [1.807, 2.05) is 0 Å². The van der Waals surface area contributed by atoms with Crippen LogP contribution in [0.5, 0.6) is 0 Å². The van der Waals surface area contributed by atoms with E-state index in [0.717, 1.165) is 45.2 Å².